The third kappa shape index (κ3) is 3.80. The van der Waals surface area contributed by atoms with Crippen molar-refractivity contribution in [3.63, 3.8) is 0 Å². The summed E-state index contributed by atoms with van der Waals surface area (Å²) >= 11 is -1.79. The zero-order chi connectivity index (χ0) is 18.8. The minimum absolute atomic E-state index is 0.909. The molecule has 2 unspecified atom stereocenters. The zero-order valence-electron chi connectivity index (χ0n) is 17.9. The second-order valence-electron chi connectivity index (χ2n) is 9.11. The van der Waals surface area contributed by atoms with Crippen LogP contribution in [0.2, 0.25) is 7.25 Å². The molecule has 2 atom stereocenters. The molecule has 1 heteroatoms. The van der Waals surface area contributed by atoms with Crippen LogP contribution in [0.5, 0.6) is 0 Å². The summed E-state index contributed by atoms with van der Waals surface area (Å²) in [4.78, 5) is 0. The van der Waals surface area contributed by atoms with Crippen LogP contribution in [0.25, 0.3) is 0 Å². The molecular weight excluding hydrogens is 404 g/mol. The van der Waals surface area contributed by atoms with E-state index >= 15 is 0 Å². The summed E-state index contributed by atoms with van der Waals surface area (Å²) in [6.07, 6.45) is 22.0. The number of hydrogen-bond acceptors (Lipinski definition) is 0. The normalized spacial score (nSPS) is 27.4. The number of hydrogen-bond donors (Lipinski definition) is 0. The van der Waals surface area contributed by atoms with Crippen molar-refractivity contribution in [3.05, 3.63) is 45.6 Å². The molecule has 0 bridgehead atoms. The molecule has 0 aromatic carbocycles. The van der Waals surface area contributed by atoms with E-state index in [0.717, 1.165) is 7.25 Å². The standard InChI is InChI=1S/2C12H17.C2H4.Zr/c2*1-2-5-10-8-11-6-3-4-7-12(11)9-10;1-2;/h2*8-9H,2-7H2,1H3;1H,2H3;. The van der Waals surface area contributed by atoms with Gasteiger partial charge in [0.1, 0.15) is 0 Å². The molecule has 0 N–H and O–H groups in total. The predicted molar refractivity (Wildman–Crippen MR) is 116 cm³/mol. The van der Waals surface area contributed by atoms with E-state index in [9.17, 15) is 0 Å². The molecule has 0 saturated carbocycles. The molecule has 4 aliphatic carbocycles. The Morgan fingerprint density at radius 2 is 1.22 bits per heavy atom. The molecule has 0 saturated heterocycles. The fraction of sp³-hybridized carbons (Fsp3) is 0.654. The van der Waals surface area contributed by atoms with Gasteiger partial charge in [-0.15, -0.1) is 0 Å². The number of allylic oxidation sites excluding steroid dienone is 8. The Morgan fingerprint density at radius 3 is 1.63 bits per heavy atom. The maximum atomic E-state index is 2.81. The van der Waals surface area contributed by atoms with Crippen molar-refractivity contribution in [1.29, 1.82) is 0 Å². The first-order valence-electron chi connectivity index (χ1n) is 11.8. The van der Waals surface area contributed by atoms with Gasteiger partial charge < -0.3 is 0 Å². The van der Waals surface area contributed by atoms with E-state index in [1.807, 2.05) is 22.3 Å². The monoisotopic (exact) mass is 440 g/mol. The van der Waals surface area contributed by atoms with Crippen molar-refractivity contribution in [2.45, 2.75) is 105 Å². The van der Waals surface area contributed by atoms with E-state index in [1.165, 1.54) is 77.0 Å². The molecule has 0 fully saturated rings. The Bertz CT molecular complexity index is 680. The summed E-state index contributed by atoms with van der Waals surface area (Å²) < 4.78 is 4.62. The van der Waals surface area contributed by atoms with Crippen LogP contribution < -0.4 is 0 Å². The number of rotatable bonds is 6. The molecule has 0 nitrogen and oxygen atoms in total. The van der Waals surface area contributed by atoms with Crippen LogP contribution in [0.15, 0.2) is 45.6 Å². The Kier molecular flexibility index (Phi) is 6.69. The summed E-state index contributed by atoms with van der Waals surface area (Å²) in [5, 5.41) is 0. The van der Waals surface area contributed by atoms with Gasteiger partial charge in [-0.3, -0.25) is 0 Å². The van der Waals surface area contributed by atoms with Gasteiger partial charge in [0.2, 0.25) is 0 Å². The van der Waals surface area contributed by atoms with Crippen LogP contribution >= 0.6 is 0 Å². The molecule has 4 rings (SSSR count). The third-order valence-electron chi connectivity index (χ3n) is 7.34. The molecular formula is C26H38Zr. The molecule has 0 aromatic heterocycles. The topological polar surface area (TPSA) is 0 Å². The molecule has 0 spiro atoms. The van der Waals surface area contributed by atoms with Gasteiger partial charge >= 0.3 is 176 Å². The van der Waals surface area contributed by atoms with E-state index in [-0.39, 0.29) is 0 Å². The molecule has 4 aliphatic rings. The van der Waals surface area contributed by atoms with Crippen LogP contribution in [-0.2, 0) is 21.3 Å². The fourth-order valence-corrected chi connectivity index (χ4v) is 15.6. The first-order chi connectivity index (χ1) is 13.3. The van der Waals surface area contributed by atoms with Crippen molar-refractivity contribution >= 4 is 3.71 Å². The average molecular weight is 442 g/mol. The Balaban J connectivity index is 1.73. The van der Waals surface area contributed by atoms with Crippen LogP contribution in [-0.4, -0.2) is 3.71 Å². The molecule has 0 heterocycles. The van der Waals surface area contributed by atoms with Crippen LogP contribution in [0.4, 0.5) is 0 Å². The SMILES string of the molecule is C[CH]=[Zr]([CH]1C(CCC)=CC2=C1CCCC2)[CH]1C(CCC)=CC2=C1CCCC2. The molecule has 0 radical (unpaired) electrons. The van der Waals surface area contributed by atoms with Crippen molar-refractivity contribution < 1.29 is 21.3 Å². The van der Waals surface area contributed by atoms with Gasteiger partial charge in [-0.1, -0.05) is 0 Å². The van der Waals surface area contributed by atoms with Crippen LogP contribution in [0, 0.1) is 0 Å². The van der Waals surface area contributed by atoms with Gasteiger partial charge in [-0.2, -0.15) is 0 Å². The quantitative estimate of drug-likeness (QED) is 0.389. The molecule has 146 valence electrons. The Morgan fingerprint density at radius 1 is 0.778 bits per heavy atom. The maximum absolute atomic E-state index is 2.81. The van der Waals surface area contributed by atoms with Crippen LogP contribution in [0.3, 0.4) is 0 Å². The average Bonchev–Trinajstić information content (AvgIpc) is 3.22. The molecule has 0 aliphatic heterocycles. The molecule has 0 amide bonds. The van der Waals surface area contributed by atoms with Gasteiger partial charge in [-0.05, 0) is 0 Å². The summed E-state index contributed by atoms with van der Waals surface area (Å²) in [5.41, 5.74) is 11.1. The van der Waals surface area contributed by atoms with Crippen molar-refractivity contribution in [2.75, 3.05) is 0 Å². The summed E-state index contributed by atoms with van der Waals surface area (Å²) in [6.45, 7) is 7.21. The van der Waals surface area contributed by atoms with Gasteiger partial charge in [0.25, 0.3) is 0 Å². The van der Waals surface area contributed by atoms with E-state index in [2.05, 4.69) is 36.6 Å². The molecule has 0 aromatic rings. The van der Waals surface area contributed by atoms with E-state index in [1.54, 1.807) is 11.1 Å². The van der Waals surface area contributed by atoms with E-state index < -0.39 is 21.3 Å². The van der Waals surface area contributed by atoms with Gasteiger partial charge in [0.05, 0.1) is 0 Å². The Labute approximate surface area is 175 Å². The van der Waals surface area contributed by atoms with E-state index in [0.29, 0.717) is 0 Å². The fourth-order valence-electron chi connectivity index (χ4n) is 6.30. The van der Waals surface area contributed by atoms with Gasteiger partial charge in [-0.25, -0.2) is 0 Å². The van der Waals surface area contributed by atoms with Crippen molar-refractivity contribution in [1.82, 2.24) is 0 Å². The third-order valence-corrected chi connectivity index (χ3v) is 15.8. The first-order valence-corrected chi connectivity index (χ1v) is 16.0. The van der Waals surface area contributed by atoms with E-state index in [4.69, 9.17) is 0 Å². The summed E-state index contributed by atoms with van der Waals surface area (Å²) in [7, 11) is 0. The summed E-state index contributed by atoms with van der Waals surface area (Å²) in [5.74, 6) is 0. The van der Waals surface area contributed by atoms with Gasteiger partial charge in [0.15, 0.2) is 0 Å². The minimum atomic E-state index is -1.79. The molecule has 27 heavy (non-hydrogen) atoms. The second-order valence-corrected chi connectivity index (χ2v) is 15.8. The van der Waals surface area contributed by atoms with Crippen LogP contribution in [0.1, 0.15) is 97.8 Å². The Hall–Kier alpha value is -0.287. The second kappa shape index (κ2) is 9.03. The van der Waals surface area contributed by atoms with Crippen molar-refractivity contribution in [2.24, 2.45) is 0 Å². The predicted octanol–water partition coefficient (Wildman–Crippen LogP) is 8.23. The summed E-state index contributed by atoms with van der Waals surface area (Å²) in [6, 6.07) is 0. The zero-order valence-corrected chi connectivity index (χ0v) is 20.3. The first kappa shape index (κ1) is 20.0. The van der Waals surface area contributed by atoms with Gasteiger partial charge in [0, 0.05) is 0 Å². The van der Waals surface area contributed by atoms with Crippen molar-refractivity contribution in [3.8, 4) is 0 Å².